The van der Waals surface area contributed by atoms with Gasteiger partial charge in [-0.2, -0.15) is 0 Å². The molecule has 0 aromatic carbocycles. The third-order valence-electron chi connectivity index (χ3n) is 2.57. The topological polar surface area (TPSA) is 52.3 Å². The highest BCUT2D eigenvalue weighted by Crippen LogP contribution is 2.23. The number of ether oxygens (including phenoxy) is 1. The van der Waals surface area contributed by atoms with E-state index in [0.717, 1.165) is 16.9 Å². The predicted molar refractivity (Wildman–Crippen MR) is 70.5 cm³/mol. The molecule has 0 atom stereocenters. The van der Waals surface area contributed by atoms with E-state index in [4.69, 9.17) is 4.74 Å². The summed E-state index contributed by atoms with van der Waals surface area (Å²) in [6.07, 6.45) is 1.71. The average molecular weight is 305 g/mol. The lowest BCUT2D eigenvalue weighted by Crippen LogP contribution is -1.95. The van der Waals surface area contributed by atoms with Crippen molar-refractivity contribution in [3.8, 4) is 17.1 Å². The first-order chi connectivity index (χ1) is 8.78. The van der Waals surface area contributed by atoms with Gasteiger partial charge in [-0.25, -0.2) is 14.5 Å². The molecule has 0 aliphatic rings. The molecule has 0 saturated heterocycles. The van der Waals surface area contributed by atoms with Crippen molar-refractivity contribution in [1.29, 1.82) is 0 Å². The molecule has 3 aromatic heterocycles. The van der Waals surface area contributed by atoms with Crippen LogP contribution in [0.4, 0.5) is 0 Å². The maximum atomic E-state index is 5.13. The second-order valence-electron chi connectivity index (χ2n) is 3.65. The number of halogens is 1. The highest BCUT2D eigenvalue weighted by Gasteiger charge is 2.08. The maximum absolute atomic E-state index is 5.13. The summed E-state index contributed by atoms with van der Waals surface area (Å²) in [6.45, 7) is 0. The van der Waals surface area contributed by atoms with Gasteiger partial charge in [0.05, 0.1) is 12.8 Å². The van der Waals surface area contributed by atoms with E-state index in [-0.39, 0.29) is 0 Å². The molecule has 5 nitrogen and oxygen atoms in total. The predicted octanol–water partition coefficient (Wildman–Crippen LogP) is 2.56. The Kier molecular flexibility index (Phi) is 2.71. The van der Waals surface area contributed by atoms with Crippen LogP contribution >= 0.6 is 15.9 Å². The van der Waals surface area contributed by atoms with Gasteiger partial charge in [0.1, 0.15) is 0 Å². The van der Waals surface area contributed by atoms with Gasteiger partial charge in [0, 0.05) is 17.8 Å². The third kappa shape index (κ3) is 1.84. The molecule has 3 heterocycles. The number of pyridine rings is 2. The van der Waals surface area contributed by atoms with E-state index in [1.807, 2.05) is 30.3 Å². The summed E-state index contributed by atoms with van der Waals surface area (Å²) in [6, 6.07) is 9.60. The van der Waals surface area contributed by atoms with Crippen LogP contribution < -0.4 is 4.74 Å². The zero-order valence-electron chi connectivity index (χ0n) is 9.54. The second-order valence-corrected chi connectivity index (χ2v) is 4.36. The van der Waals surface area contributed by atoms with Crippen molar-refractivity contribution in [1.82, 2.24) is 19.6 Å². The first-order valence-corrected chi connectivity index (χ1v) is 6.09. The zero-order valence-corrected chi connectivity index (χ0v) is 11.1. The summed E-state index contributed by atoms with van der Waals surface area (Å²) in [5.74, 6) is 0.573. The molecule has 90 valence electrons. The van der Waals surface area contributed by atoms with Crippen LogP contribution in [0, 0.1) is 0 Å². The van der Waals surface area contributed by atoms with Gasteiger partial charge in [-0.1, -0.05) is 6.07 Å². The summed E-state index contributed by atoms with van der Waals surface area (Å²) in [5, 5.41) is 4.31. The number of nitrogens with zero attached hydrogens (tertiary/aromatic N) is 4. The van der Waals surface area contributed by atoms with Gasteiger partial charge in [-0.3, -0.25) is 0 Å². The zero-order chi connectivity index (χ0) is 12.5. The molecule has 0 radical (unpaired) electrons. The largest absolute Gasteiger partial charge is 0.481 e. The van der Waals surface area contributed by atoms with Gasteiger partial charge >= 0.3 is 0 Å². The molecule has 0 aliphatic heterocycles. The number of hydrogen-bond acceptors (Lipinski definition) is 4. The maximum Gasteiger partial charge on any atom is 0.218 e. The van der Waals surface area contributed by atoms with Crippen molar-refractivity contribution >= 4 is 21.6 Å². The summed E-state index contributed by atoms with van der Waals surface area (Å²) in [4.78, 5) is 8.36. The first kappa shape index (κ1) is 11.2. The van der Waals surface area contributed by atoms with Gasteiger partial charge in [-0.05, 0) is 34.1 Å². The molecule has 0 unspecified atom stereocenters. The van der Waals surface area contributed by atoms with E-state index in [1.165, 1.54) is 0 Å². The fourth-order valence-electron chi connectivity index (χ4n) is 1.78. The summed E-state index contributed by atoms with van der Waals surface area (Å²) in [7, 11) is 1.60. The van der Waals surface area contributed by atoms with Crippen LogP contribution in [0.2, 0.25) is 0 Å². The summed E-state index contributed by atoms with van der Waals surface area (Å²) >= 11 is 3.28. The third-order valence-corrected chi connectivity index (χ3v) is 2.91. The molecule has 3 aromatic rings. The van der Waals surface area contributed by atoms with Gasteiger partial charge < -0.3 is 4.74 Å². The quantitative estimate of drug-likeness (QED) is 0.730. The average Bonchev–Trinajstić information content (AvgIpc) is 2.78. The lowest BCUT2D eigenvalue weighted by molar-refractivity contribution is 0.398. The Balaban J connectivity index is 2.24. The fourth-order valence-corrected chi connectivity index (χ4v) is 2.12. The Morgan fingerprint density at radius 1 is 1.28 bits per heavy atom. The molecular formula is C12H9BrN4O. The van der Waals surface area contributed by atoms with Crippen LogP contribution in [0.15, 0.2) is 41.3 Å². The number of fused-ring (bicyclic) bond motifs is 1. The molecule has 0 spiro atoms. The normalized spacial score (nSPS) is 10.8. The Morgan fingerprint density at radius 2 is 2.17 bits per heavy atom. The first-order valence-electron chi connectivity index (χ1n) is 5.29. The Hall–Kier alpha value is -1.95. The molecule has 3 rings (SSSR count). The lowest BCUT2D eigenvalue weighted by atomic mass is 10.2. The SMILES string of the molecule is COc1cc(-c2cccc3nc(Br)nn23)ccn1. The smallest absolute Gasteiger partial charge is 0.218 e. The Bertz CT molecular complexity index is 710. The summed E-state index contributed by atoms with van der Waals surface area (Å²) < 4.78 is 7.47. The van der Waals surface area contributed by atoms with Crippen molar-refractivity contribution in [2.45, 2.75) is 0 Å². The van der Waals surface area contributed by atoms with Crippen molar-refractivity contribution in [2.24, 2.45) is 0 Å². The number of hydrogen-bond donors (Lipinski definition) is 0. The minimum Gasteiger partial charge on any atom is -0.481 e. The number of aromatic nitrogens is 4. The molecule has 18 heavy (non-hydrogen) atoms. The van der Waals surface area contributed by atoms with E-state index < -0.39 is 0 Å². The van der Waals surface area contributed by atoms with E-state index in [9.17, 15) is 0 Å². The van der Waals surface area contributed by atoms with E-state index >= 15 is 0 Å². The van der Waals surface area contributed by atoms with E-state index in [2.05, 4.69) is 31.0 Å². The molecule has 0 bridgehead atoms. The molecular weight excluding hydrogens is 296 g/mol. The van der Waals surface area contributed by atoms with Crippen molar-refractivity contribution in [2.75, 3.05) is 7.11 Å². The van der Waals surface area contributed by atoms with Gasteiger partial charge in [0.2, 0.25) is 10.6 Å². The standard InChI is InChI=1S/C12H9BrN4O/c1-18-11-7-8(5-6-14-11)9-3-2-4-10-15-12(13)16-17(9)10/h2-7H,1H3. The van der Waals surface area contributed by atoms with Crippen LogP contribution in [-0.2, 0) is 0 Å². The van der Waals surface area contributed by atoms with Crippen LogP contribution in [0.3, 0.4) is 0 Å². The minimum absolute atomic E-state index is 0.566. The molecule has 0 aliphatic carbocycles. The van der Waals surface area contributed by atoms with Gasteiger partial charge in [-0.15, -0.1) is 5.10 Å². The van der Waals surface area contributed by atoms with E-state index in [1.54, 1.807) is 17.8 Å². The molecule has 0 amide bonds. The molecule has 0 N–H and O–H groups in total. The minimum atomic E-state index is 0.566. The molecule has 0 fully saturated rings. The number of rotatable bonds is 2. The van der Waals surface area contributed by atoms with E-state index in [0.29, 0.717) is 10.6 Å². The fraction of sp³-hybridized carbons (Fsp3) is 0.0833. The van der Waals surface area contributed by atoms with Crippen molar-refractivity contribution < 1.29 is 4.74 Å². The Morgan fingerprint density at radius 3 is 3.00 bits per heavy atom. The molecule has 6 heteroatoms. The van der Waals surface area contributed by atoms with Gasteiger partial charge in [0.15, 0.2) is 5.65 Å². The van der Waals surface area contributed by atoms with Crippen LogP contribution in [0.25, 0.3) is 16.9 Å². The van der Waals surface area contributed by atoms with Crippen LogP contribution in [-0.4, -0.2) is 26.7 Å². The summed E-state index contributed by atoms with van der Waals surface area (Å²) in [5.41, 5.74) is 2.70. The van der Waals surface area contributed by atoms with Crippen molar-refractivity contribution in [3.05, 3.63) is 41.3 Å². The van der Waals surface area contributed by atoms with Crippen molar-refractivity contribution in [3.63, 3.8) is 0 Å². The van der Waals surface area contributed by atoms with Crippen LogP contribution in [0.5, 0.6) is 5.88 Å². The lowest BCUT2D eigenvalue weighted by Gasteiger charge is -2.05. The second kappa shape index (κ2) is 4.38. The highest BCUT2D eigenvalue weighted by molar-refractivity contribution is 9.10. The van der Waals surface area contributed by atoms with Gasteiger partial charge in [0.25, 0.3) is 0 Å². The molecule has 0 saturated carbocycles. The Labute approximate surface area is 112 Å². The number of methoxy groups -OCH3 is 1. The monoisotopic (exact) mass is 304 g/mol. The van der Waals surface area contributed by atoms with Crippen LogP contribution in [0.1, 0.15) is 0 Å². The highest BCUT2D eigenvalue weighted by atomic mass is 79.9.